The van der Waals surface area contributed by atoms with E-state index < -0.39 is 0 Å². The van der Waals surface area contributed by atoms with Gasteiger partial charge in [-0.1, -0.05) is 6.07 Å². The van der Waals surface area contributed by atoms with Crippen molar-refractivity contribution < 1.29 is 4.79 Å². The number of thiazole rings is 1. The standard InChI is InChI=1S/C13H12N4OS/c1-15-13-17-11(8-19-13)7-16-12(18)10-4-2-3-9(5-10)6-14/h2-5,8H,7H2,1H3,(H,15,17)(H,16,18). The van der Waals surface area contributed by atoms with E-state index in [0.717, 1.165) is 10.8 Å². The predicted octanol–water partition coefficient (Wildman–Crippen LogP) is 1.99. The number of aromatic nitrogens is 1. The smallest absolute Gasteiger partial charge is 0.251 e. The maximum atomic E-state index is 11.9. The molecule has 0 atom stereocenters. The molecule has 0 bridgehead atoms. The first-order chi connectivity index (χ1) is 9.22. The first-order valence-electron chi connectivity index (χ1n) is 5.63. The minimum Gasteiger partial charge on any atom is -0.365 e. The van der Waals surface area contributed by atoms with Crippen molar-refractivity contribution in [2.75, 3.05) is 12.4 Å². The van der Waals surface area contributed by atoms with Crippen LogP contribution in [0.1, 0.15) is 21.6 Å². The number of anilines is 1. The highest BCUT2D eigenvalue weighted by Crippen LogP contribution is 2.14. The summed E-state index contributed by atoms with van der Waals surface area (Å²) in [6.45, 7) is 0.369. The molecule has 2 N–H and O–H groups in total. The lowest BCUT2D eigenvalue weighted by Gasteiger charge is -2.03. The second kappa shape index (κ2) is 5.98. The third kappa shape index (κ3) is 3.30. The number of carbonyl (C=O) groups excluding carboxylic acids is 1. The van der Waals surface area contributed by atoms with Crippen LogP contribution >= 0.6 is 11.3 Å². The lowest BCUT2D eigenvalue weighted by atomic mass is 10.1. The van der Waals surface area contributed by atoms with Gasteiger partial charge in [-0.05, 0) is 18.2 Å². The lowest BCUT2D eigenvalue weighted by Crippen LogP contribution is -2.23. The van der Waals surface area contributed by atoms with Crippen molar-refractivity contribution in [2.45, 2.75) is 6.54 Å². The summed E-state index contributed by atoms with van der Waals surface area (Å²) in [6.07, 6.45) is 0. The number of hydrogen-bond donors (Lipinski definition) is 2. The minimum atomic E-state index is -0.212. The molecule has 1 amide bonds. The molecule has 0 unspecified atom stereocenters. The van der Waals surface area contributed by atoms with E-state index in [1.165, 1.54) is 11.3 Å². The topological polar surface area (TPSA) is 77.8 Å². The van der Waals surface area contributed by atoms with Gasteiger partial charge < -0.3 is 10.6 Å². The normalized spacial score (nSPS) is 9.68. The molecule has 1 aromatic carbocycles. The summed E-state index contributed by atoms with van der Waals surface area (Å²) in [6, 6.07) is 8.60. The van der Waals surface area contributed by atoms with Gasteiger partial charge in [-0.15, -0.1) is 11.3 Å². The Morgan fingerprint density at radius 3 is 3.05 bits per heavy atom. The molecule has 19 heavy (non-hydrogen) atoms. The van der Waals surface area contributed by atoms with Crippen LogP contribution in [0.5, 0.6) is 0 Å². The van der Waals surface area contributed by atoms with E-state index in [9.17, 15) is 4.79 Å². The zero-order chi connectivity index (χ0) is 13.7. The van der Waals surface area contributed by atoms with Crippen LogP contribution in [0, 0.1) is 11.3 Å². The Kier molecular flexibility index (Phi) is 4.11. The minimum absolute atomic E-state index is 0.212. The highest BCUT2D eigenvalue weighted by molar-refractivity contribution is 7.13. The summed E-state index contributed by atoms with van der Waals surface area (Å²) >= 11 is 1.49. The molecule has 5 nitrogen and oxygen atoms in total. The van der Waals surface area contributed by atoms with Gasteiger partial charge in [0.25, 0.3) is 5.91 Å². The van der Waals surface area contributed by atoms with E-state index in [0.29, 0.717) is 17.7 Å². The number of nitriles is 1. The molecule has 1 aromatic heterocycles. The van der Waals surface area contributed by atoms with Crippen LogP contribution in [0.2, 0.25) is 0 Å². The maximum absolute atomic E-state index is 11.9. The Morgan fingerprint density at radius 1 is 1.53 bits per heavy atom. The molecular formula is C13H12N4OS. The van der Waals surface area contributed by atoms with Crippen molar-refractivity contribution in [3.8, 4) is 6.07 Å². The van der Waals surface area contributed by atoms with Crippen molar-refractivity contribution >= 4 is 22.4 Å². The van der Waals surface area contributed by atoms with Gasteiger partial charge >= 0.3 is 0 Å². The van der Waals surface area contributed by atoms with Gasteiger partial charge in [0.15, 0.2) is 5.13 Å². The van der Waals surface area contributed by atoms with Gasteiger partial charge in [-0.25, -0.2) is 4.98 Å². The molecule has 6 heteroatoms. The molecular weight excluding hydrogens is 260 g/mol. The first-order valence-corrected chi connectivity index (χ1v) is 6.51. The van der Waals surface area contributed by atoms with Gasteiger partial charge in [-0.2, -0.15) is 5.26 Å². The molecule has 0 radical (unpaired) electrons. The number of benzene rings is 1. The third-order valence-electron chi connectivity index (χ3n) is 2.45. The summed E-state index contributed by atoms with van der Waals surface area (Å²) in [4.78, 5) is 16.2. The Labute approximate surface area is 114 Å². The van der Waals surface area contributed by atoms with E-state index in [4.69, 9.17) is 5.26 Å². The zero-order valence-electron chi connectivity index (χ0n) is 10.3. The molecule has 96 valence electrons. The summed E-state index contributed by atoms with van der Waals surface area (Å²) in [7, 11) is 1.80. The average molecular weight is 272 g/mol. The number of nitrogens with zero attached hydrogens (tertiary/aromatic N) is 2. The molecule has 0 saturated heterocycles. The molecule has 1 heterocycles. The summed E-state index contributed by atoms with van der Waals surface area (Å²) in [5, 5.41) is 17.2. The predicted molar refractivity (Wildman–Crippen MR) is 74.0 cm³/mol. The summed E-state index contributed by atoms with van der Waals surface area (Å²) in [5.41, 5.74) is 1.75. The number of amides is 1. The fraction of sp³-hybridized carbons (Fsp3) is 0.154. The van der Waals surface area contributed by atoms with Gasteiger partial charge in [0.1, 0.15) is 0 Å². The third-order valence-corrected chi connectivity index (χ3v) is 3.36. The number of carbonyl (C=O) groups is 1. The average Bonchev–Trinajstić information content (AvgIpc) is 2.93. The number of hydrogen-bond acceptors (Lipinski definition) is 5. The van der Waals surface area contributed by atoms with E-state index >= 15 is 0 Å². The van der Waals surface area contributed by atoms with Gasteiger partial charge in [0, 0.05) is 18.0 Å². The largest absolute Gasteiger partial charge is 0.365 e. The van der Waals surface area contributed by atoms with E-state index in [2.05, 4.69) is 15.6 Å². The fourth-order valence-corrected chi connectivity index (χ4v) is 2.18. The van der Waals surface area contributed by atoms with E-state index in [1.807, 2.05) is 11.4 Å². The van der Waals surface area contributed by atoms with E-state index in [-0.39, 0.29) is 5.91 Å². The summed E-state index contributed by atoms with van der Waals surface area (Å²) in [5.74, 6) is -0.212. The van der Waals surface area contributed by atoms with Gasteiger partial charge in [0.05, 0.1) is 23.9 Å². The fourth-order valence-electron chi connectivity index (χ4n) is 1.51. The van der Waals surface area contributed by atoms with Crippen LogP contribution in [0.25, 0.3) is 0 Å². The van der Waals surface area contributed by atoms with Crippen LogP contribution in [-0.4, -0.2) is 17.9 Å². The second-order valence-corrected chi connectivity index (χ2v) is 4.63. The molecule has 0 spiro atoms. The van der Waals surface area contributed by atoms with Crippen LogP contribution in [0.4, 0.5) is 5.13 Å². The van der Waals surface area contributed by atoms with Crippen molar-refractivity contribution in [1.29, 1.82) is 5.26 Å². The monoisotopic (exact) mass is 272 g/mol. The maximum Gasteiger partial charge on any atom is 0.251 e. The van der Waals surface area contributed by atoms with Crippen LogP contribution in [-0.2, 0) is 6.54 Å². The van der Waals surface area contributed by atoms with Gasteiger partial charge in [0.2, 0.25) is 0 Å². The molecule has 0 aliphatic rings. The quantitative estimate of drug-likeness (QED) is 0.892. The molecule has 0 aliphatic carbocycles. The number of rotatable bonds is 4. The molecule has 0 fully saturated rings. The molecule has 0 saturated carbocycles. The van der Waals surface area contributed by atoms with Crippen molar-refractivity contribution in [3.05, 3.63) is 46.5 Å². The summed E-state index contributed by atoms with van der Waals surface area (Å²) < 4.78 is 0. The van der Waals surface area contributed by atoms with Crippen LogP contribution in [0.3, 0.4) is 0 Å². The van der Waals surface area contributed by atoms with Crippen LogP contribution < -0.4 is 10.6 Å². The lowest BCUT2D eigenvalue weighted by molar-refractivity contribution is 0.0950. The SMILES string of the molecule is CNc1nc(CNC(=O)c2cccc(C#N)c2)cs1. The highest BCUT2D eigenvalue weighted by Gasteiger charge is 2.07. The Balaban J connectivity index is 1.99. The van der Waals surface area contributed by atoms with Crippen LogP contribution in [0.15, 0.2) is 29.6 Å². The Bertz CT molecular complexity index is 630. The second-order valence-electron chi connectivity index (χ2n) is 3.77. The zero-order valence-corrected chi connectivity index (χ0v) is 11.1. The Hall–Kier alpha value is -2.39. The number of nitrogens with one attached hydrogen (secondary N) is 2. The molecule has 2 rings (SSSR count). The first kappa shape index (κ1) is 13.1. The Morgan fingerprint density at radius 2 is 2.37 bits per heavy atom. The molecule has 2 aromatic rings. The van der Waals surface area contributed by atoms with E-state index in [1.54, 1.807) is 31.3 Å². The highest BCUT2D eigenvalue weighted by atomic mass is 32.1. The van der Waals surface area contributed by atoms with Crippen molar-refractivity contribution in [2.24, 2.45) is 0 Å². The van der Waals surface area contributed by atoms with Crippen molar-refractivity contribution in [1.82, 2.24) is 10.3 Å². The molecule has 0 aliphatic heterocycles. The van der Waals surface area contributed by atoms with Gasteiger partial charge in [-0.3, -0.25) is 4.79 Å². The van der Waals surface area contributed by atoms with Crippen molar-refractivity contribution in [3.63, 3.8) is 0 Å².